The zero-order chi connectivity index (χ0) is 11.7. The van der Waals surface area contributed by atoms with Crippen LogP contribution in [0, 0.1) is 0 Å². The summed E-state index contributed by atoms with van der Waals surface area (Å²) in [7, 11) is 0. The maximum atomic E-state index is 10.8. The van der Waals surface area contributed by atoms with Gasteiger partial charge in [-0.2, -0.15) is 0 Å². The molecule has 0 radical (unpaired) electrons. The number of hydrogen-bond donors (Lipinski definition) is 1. The number of aromatic nitrogens is 2. The molecule has 0 fully saturated rings. The molecule has 0 saturated heterocycles. The smallest absolute Gasteiger partial charge is 0.221 e. The highest BCUT2D eigenvalue weighted by atomic mass is 16.1. The van der Waals surface area contributed by atoms with Crippen molar-refractivity contribution in [2.45, 2.75) is 26.3 Å². The molecule has 0 bridgehead atoms. The molecule has 2 aromatic rings. The molecule has 84 valence electrons. The van der Waals surface area contributed by atoms with Crippen LogP contribution in [0.2, 0.25) is 0 Å². The number of carbonyl (C=O) groups excluding carboxylic acids is 1. The van der Waals surface area contributed by atoms with Crippen molar-refractivity contribution in [3.63, 3.8) is 0 Å². The number of rotatable bonds is 3. The molecule has 1 aromatic heterocycles. The van der Waals surface area contributed by atoms with Crippen LogP contribution in [0.15, 0.2) is 24.5 Å². The number of carbonyl (C=O) groups is 1. The minimum atomic E-state index is -0.317. The Bertz CT molecular complexity index is 528. The molecule has 4 heteroatoms. The molecule has 1 aromatic carbocycles. The Labute approximate surface area is 94.1 Å². The number of imidazole rings is 1. The lowest BCUT2D eigenvalue weighted by atomic mass is 10.1. The number of hydrogen-bond acceptors (Lipinski definition) is 2. The van der Waals surface area contributed by atoms with E-state index < -0.39 is 0 Å². The molecule has 0 unspecified atom stereocenters. The van der Waals surface area contributed by atoms with Crippen LogP contribution < -0.4 is 5.73 Å². The van der Waals surface area contributed by atoms with Crippen molar-refractivity contribution in [2.24, 2.45) is 5.73 Å². The summed E-state index contributed by atoms with van der Waals surface area (Å²) >= 11 is 0. The summed E-state index contributed by atoms with van der Waals surface area (Å²) in [6.45, 7) is 4.22. The van der Waals surface area contributed by atoms with Crippen LogP contribution in [-0.2, 0) is 11.2 Å². The van der Waals surface area contributed by atoms with Gasteiger partial charge in [-0.25, -0.2) is 4.98 Å². The van der Waals surface area contributed by atoms with Gasteiger partial charge in [-0.05, 0) is 31.5 Å². The first-order valence-electron chi connectivity index (χ1n) is 5.31. The van der Waals surface area contributed by atoms with Crippen LogP contribution in [-0.4, -0.2) is 15.5 Å². The molecule has 0 aliphatic heterocycles. The number of nitrogens with zero attached hydrogens (tertiary/aromatic N) is 2. The number of primary amides is 1. The van der Waals surface area contributed by atoms with Crippen LogP contribution in [0.5, 0.6) is 0 Å². The third kappa shape index (κ3) is 1.91. The molecule has 0 saturated carbocycles. The lowest BCUT2D eigenvalue weighted by Gasteiger charge is -2.07. The Morgan fingerprint density at radius 1 is 1.50 bits per heavy atom. The van der Waals surface area contributed by atoms with Crippen molar-refractivity contribution in [3.8, 4) is 0 Å². The fourth-order valence-corrected chi connectivity index (χ4v) is 1.80. The van der Waals surface area contributed by atoms with Gasteiger partial charge in [-0.1, -0.05) is 6.07 Å². The van der Waals surface area contributed by atoms with E-state index in [4.69, 9.17) is 5.73 Å². The van der Waals surface area contributed by atoms with E-state index in [2.05, 4.69) is 23.4 Å². The average Bonchev–Trinajstić information content (AvgIpc) is 2.59. The maximum absolute atomic E-state index is 10.8. The van der Waals surface area contributed by atoms with Crippen LogP contribution in [0.1, 0.15) is 25.5 Å². The first kappa shape index (κ1) is 10.7. The minimum absolute atomic E-state index is 0.268. The summed E-state index contributed by atoms with van der Waals surface area (Å²) in [5.74, 6) is -0.317. The summed E-state index contributed by atoms with van der Waals surface area (Å²) < 4.78 is 2.10. The van der Waals surface area contributed by atoms with Crippen molar-refractivity contribution in [1.82, 2.24) is 9.55 Å². The third-order valence-corrected chi connectivity index (χ3v) is 2.57. The lowest BCUT2D eigenvalue weighted by Crippen LogP contribution is -2.13. The Kier molecular flexibility index (Phi) is 2.64. The molecule has 2 N–H and O–H groups in total. The predicted octanol–water partition coefficient (Wildman–Crippen LogP) is 1.65. The molecule has 16 heavy (non-hydrogen) atoms. The minimum Gasteiger partial charge on any atom is -0.369 e. The van der Waals surface area contributed by atoms with E-state index in [0.29, 0.717) is 6.04 Å². The largest absolute Gasteiger partial charge is 0.369 e. The fraction of sp³-hybridized carbons (Fsp3) is 0.333. The number of amides is 1. The van der Waals surface area contributed by atoms with Crippen molar-refractivity contribution in [1.29, 1.82) is 0 Å². The zero-order valence-electron chi connectivity index (χ0n) is 9.47. The Morgan fingerprint density at radius 2 is 2.25 bits per heavy atom. The van der Waals surface area contributed by atoms with Crippen molar-refractivity contribution in [2.75, 3.05) is 0 Å². The summed E-state index contributed by atoms with van der Waals surface area (Å²) in [4.78, 5) is 15.1. The van der Waals surface area contributed by atoms with E-state index in [1.54, 1.807) is 0 Å². The normalized spacial score (nSPS) is 11.2. The van der Waals surface area contributed by atoms with Gasteiger partial charge in [0.2, 0.25) is 5.91 Å². The van der Waals surface area contributed by atoms with Gasteiger partial charge < -0.3 is 10.3 Å². The third-order valence-electron chi connectivity index (χ3n) is 2.57. The highest BCUT2D eigenvalue weighted by molar-refractivity contribution is 5.80. The van der Waals surface area contributed by atoms with Crippen LogP contribution in [0.4, 0.5) is 0 Å². The maximum Gasteiger partial charge on any atom is 0.221 e. The Hall–Kier alpha value is -1.84. The van der Waals surface area contributed by atoms with E-state index in [0.717, 1.165) is 16.6 Å². The van der Waals surface area contributed by atoms with Gasteiger partial charge in [0.25, 0.3) is 0 Å². The molecule has 0 spiro atoms. The quantitative estimate of drug-likeness (QED) is 0.849. The van der Waals surface area contributed by atoms with Crippen LogP contribution >= 0.6 is 0 Å². The van der Waals surface area contributed by atoms with Crippen LogP contribution in [0.3, 0.4) is 0 Å². The van der Waals surface area contributed by atoms with Gasteiger partial charge in [0.15, 0.2) is 0 Å². The summed E-state index contributed by atoms with van der Waals surface area (Å²) in [5.41, 5.74) is 8.06. The lowest BCUT2D eigenvalue weighted by molar-refractivity contribution is -0.117. The van der Waals surface area contributed by atoms with Gasteiger partial charge in [0, 0.05) is 6.04 Å². The monoisotopic (exact) mass is 217 g/mol. The van der Waals surface area contributed by atoms with E-state index in [9.17, 15) is 4.79 Å². The molecule has 1 heterocycles. The number of fused-ring (bicyclic) bond motifs is 1. The van der Waals surface area contributed by atoms with Gasteiger partial charge >= 0.3 is 0 Å². The second kappa shape index (κ2) is 3.96. The van der Waals surface area contributed by atoms with E-state index >= 15 is 0 Å². The topological polar surface area (TPSA) is 60.9 Å². The predicted molar refractivity (Wildman–Crippen MR) is 63.0 cm³/mol. The molecule has 1 amide bonds. The van der Waals surface area contributed by atoms with Gasteiger partial charge in [-0.3, -0.25) is 4.79 Å². The molecule has 0 aliphatic rings. The van der Waals surface area contributed by atoms with Crippen molar-refractivity contribution < 1.29 is 4.79 Å². The van der Waals surface area contributed by atoms with E-state index in [1.165, 1.54) is 0 Å². The molecule has 0 atom stereocenters. The molecule has 4 nitrogen and oxygen atoms in total. The highest BCUT2D eigenvalue weighted by Gasteiger charge is 2.06. The molecular weight excluding hydrogens is 202 g/mol. The number of nitrogens with two attached hydrogens (primary N) is 1. The highest BCUT2D eigenvalue weighted by Crippen LogP contribution is 2.18. The zero-order valence-corrected chi connectivity index (χ0v) is 9.47. The second-order valence-corrected chi connectivity index (χ2v) is 4.21. The summed E-state index contributed by atoms with van der Waals surface area (Å²) in [5, 5.41) is 0. The first-order valence-corrected chi connectivity index (χ1v) is 5.31. The average molecular weight is 217 g/mol. The SMILES string of the molecule is CC(C)n1cnc2cc(CC(N)=O)ccc21. The fourth-order valence-electron chi connectivity index (χ4n) is 1.80. The van der Waals surface area contributed by atoms with Gasteiger partial charge in [-0.15, -0.1) is 0 Å². The summed E-state index contributed by atoms with van der Waals surface area (Å²) in [6.07, 6.45) is 2.09. The standard InChI is InChI=1S/C12H15N3O/c1-8(2)15-7-14-10-5-9(6-12(13)16)3-4-11(10)15/h3-5,7-8H,6H2,1-2H3,(H2,13,16). The molecule has 2 rings (SSSR count). The van der Waals surface area contributed by atoms with E-state index in [-0.39, 0.29) is 12.3 Å². The first-order chi connectivity index (χ1) is 7.58. The van der Waals surface area contributed by atoms with Gasteiger partial charge in [0.05, 0.1) is 23.8 Å². The van der Waals surface area contributed by atoms with Crippen molar-refractivity contribution in [3.05, 3.63) is 30.1 Å². The van der Waals surface area contributed by atoms with E-state index in [1.807, 2.05) is 24.5 Å². The van der Waals surface area contributed by atoms with Gasteiger partial charge in [0.1, 0.15) is 0 Å². The van der Waals surface area contributed by atoms with Crippen LogP contribution in [0.25, 0.3) is 11.0 Å². The molecular formula is C12H15N3O. The van der Waals surface area contributed by atoms with Crippen molar-refractivity contribution >= 4 is 16.9 Å². The Balaban J connectivity index is 2.45. The Morgan fingerprint density at radius 3 is 2.88 bits per heavy atom. The second-order valence-electron chi connectivity index (χ2n) is 4.21. The summed E-state index contributed by atoms with van der Waals surface area (Å²) in [6, 6.07) is 6.21. The number of benzene rings is 1. The molecule has 0 aliphatic carbocycles.